The number of nitrogens with zero attached hydrogens (tertiary/aromatic N) is 3. The molecule has 0 aromatic carbocycles. The molecule has 1 unspecified atom stereocenters. The standard InChI is InChI=1S/C18H25N3O2S/c22-24(23)9-7-18(12-24)6-1-8-21(11-18)16-10-15(13-2-3-13)19-17(20-16)14-4-5-14/h10,13-14H,1-9,11-12H2. The Morgan fingerprint density at radius 3 is 2.54 bits per heavy atom. The lowest BCUT2D eigenvalue weighted by atomic mass is 9.79. The number of hydrogen-bond donors (Lipinski definition) is 0. The zero-order chi connectivity index (χ0) is 16.4. The van der Waals surface area contributed by atoms with Crippen molar-refractivity contribution in [2.24, 2.45) is 5.41 Å². The van der Waals surface area contributed by atoms with E-state index in [1.807, 2.05) is 0 Å². The molecule has 1 aromatic heterocycles. The molecule has 1 aromatic rings. The Kier molecular flexibility index (Phi) is 3.25. The highest BCUT2D eigenvalue weighted by atomic mass is 32.2. The van der Waals surface area contributed by atoms with Crippen LogP contribution in [0, 0.1) is 5.41 Å². The Hall–Kier alpha value is -1.17. The lowest BCUT2D eigenvalue weighted by molar-refractivity contribution is 0.269. The Labute approximate surface area is 143 Å². The smallest absolute Gasteiger partial charge is 0.150 e. The van der Waals surface area contributed by atoms with E-state index in [1.54, 1.807) is 0 Å². The first-order valence-corrected chi connectivity index (χ1v) is 11.2. The minimum Gasteiger partial charge on any atom is -0.356 e. The molecule has 0 bridgehead atoms. The van der Waals surface area contributed by atoms with E-state index >= 15 is 0 Å². The maximum Gasteiger partial charge on any atom is 0.150 e. The molecule has 0 radical (unpaired) electrons. The largest absolute Gasteiger partial charge is 0.356 e. The highest BCUT2D eigenvalue weighted by Gasteiger charge is 2.45. The van der Waals surface area contributed by atoms with Crippen LogP contribution in [0.5, 0.6) is 0 Å². The summed E-state index contributed by atoms with van der Waals surface area (Å²) >= 11 is 0. The van der Waals surface area contributed by atoms with Gasteiger partial charge in [0.1, 0.15) is 11.6 Å². The fraction of sp³-hybridized carbons (Fsp3) is 0.778. The average Bonchev–Trinajstić information content (AvgIpc) is 3.46. The molecule has 0 N–H and O–H groups in total. The van der Waals surface area contributed by atoms with Crippen molar-refractivity contribution in [1.82, 2.24) is 9.97 Å². The van der Waals surface area contributed by atoms with Gasteiger partial charge in [0, 0.05) is 42.1 Å². The van der Waals surface area contributed by atoms with Crippen LogP contribution in [-0.2, 0) is 9.84 Å². The third-order valence-corrected chi connectivity index (χ3v) is 8.02. The second-order valence-corrected chi connectivity index (χ2v) is 10.6. The molecule has 24 heavy (non-hydrogen) atoms. The van der Waals surface area contributed by atoms with Crippen LogP contribution in [0.3, 0.4) is 0 Å². The number of rotatable bonds is 3. The molecule has 2 aliphatic heterocycles. The van der Waals surface area contributed by atoms with Crippen molar-refractivity contribution in [3.8, 4) is 0 Å². The molecule has 3 heterocycles. The summed E-state index contributed by atoms with van der Waals surface area (Å²) in [5, 5.41) is 0. The summed E-state index contributed by atoms with van der Waals surface area (Å²) in [6.45, 7) is 1.84. The van der Waals surface area contributed by atoms with Crippen LogP contribution in [0.15, 0.2) is 6.07 Å². The Bertz CT molecular complexity index is 740. The summed E-state index contributed by atoms with van der Waals surface area (Å²) in [7, 11) is -2.84. The van der Waals surface area contributed by atoms with Crippen molar-refractivity contribution < 1.29 is 8.42 Å². The van der Waals surface area contributed by atoms with Crippen LogP contribution in [0.2, 0.25) is 0 Å². The van der Waals surface area contributed by atoms with Crippen LogP contribution < -0.4 is 4.90 Å². The molecule has 1 spiro atoms. The van der Waals surface area contributed by atoms with E-state index in [-0.39, 0.29) is 5.41 Å². The van der Waals surface area contributed by atoms with Gasteiger partial charge in [-0.25, -0.2) is 18.4 Å². The maximum absolute atomic E-state index is 12.0. The van der Waals surface area contributed by atoms with Gasteiger partial charge in [0.25, 0.3) is 0 Å². The van der Waals surface area contributed by atoms with Gasteiger partial charge < -0.3 is 4.90 Å². The van der Waals surface area contributed by atoms with E-state index in [2.05, 4.69) is 11.0 Å². The fourth-order valence-corrected chi connectivity index (χ4v) is 6.66. The fourth-order valence-electron chi connectivity index (χ4n) is 4.45. The molecule has 4 aliphatic rings. The topological polar surface area (TPSA) is 63.2 Å². The predicted octanol–water partition coefficient (Wildman–Crippen LogP) is 2.64. The first kappa shape index (κ1) is 15.1. The lowest BCUT2D eigenvalue weighted by Gasteiger charge is -2.40. The first-order chi connectivity index (χ1) is 11.5. The van der Waals surface area contributed by atoms with Gasteiger partial charge in [-0.05, 0) is 44.9 Å². The normalized spacial score (nSPS) is 32.4. The second-order valence-electron chi connectivity index (χ2n) is 8.42. The van der Waals surface area contributed by atoms with Gasteiger partial charge in [-0.2, -0.15) is 0 Å². The van der Waals surface area contributed by atoms with Crippen LogP contribution in [0.4, 0.5) is 5.82 Å². The quantitative estimate of drug-likeness (QED) is 0.841. The van der Waals surface area contributed by atoms with Gasteiger partial charge in [-0.3, -0.25) is 0 Å². The number of anilines is 1. The number of hydrogen-bond acceptors (Lipinski definition) is 5. The monoisotopic (exact) mass is 347 g/mol. The molecule has 1 atom stereocenters. The Morgan fingerprint density at radius 1 is 1.08 bits per heavy atom. The molecule has 5 rings (SSSR count). The van der Waals surface area contributed by atoms with Crippen molar-refractivity contribution in [2.75, 3.05) is 29.5 Å². The zero-order valence-corrected chi connectivity index (χ0v) is 14.9. The minimum absolute atomic E-state index is 0.0402. The Morgan fingerprint density at radius 2 is 1.88 bits per heavy atom. The summed E-state index contributed by atoms with van der Waals surface area (Å²) < 4.78 is 24.0. The summed E-state index contributed by atoms with van der Waals surface area (Å²) in [5.41, 5.74) is 1.18. The van der Waals surface area contributed by atoms with E-state index in [1.165, 1.54) is 31.4 Å². The predicted molar refractivity (Wildman–Crippen MR) is 93.1 cm³/mol. The summed E-state index contributed by atoms with van der Waals surface area (Å²) in [4.78, 5) is 12.1. The van der Waals surface area contributed by atoms with Crippen molar-refractivity contribution in [2.45, 2.75) is 56.8 Å². The third-order valence-electron chi connectivity index (χ3n) is 6.14. The minimum atomic E-state index is -2.84. The van der Waals surface area contributed by atoms with Crippen LogP contribution in [0.25, 0.3) is 0 Å². The molecule has 6 heteroatoms. The molecule has 2 saturated heterocycles. The Balaban J connectivity index is 1.45. The lowest BCUT2D eigenvalue weighted by Crippen LogP contribution is -2.44. The van der Waals surface area contributed by atoms with Crippen LogP contribution >= 0.6 is 0 Å². The van der Waals surface area contributed by atoms with Gasteiger partial charge in [0.15, 0.2) is 9.84 Å². The number of sulfone groups is 1. The van der Waals surface area contributed by atoms with Crippen molar-refractivity contribution >= 4 is 15.7 Å². The zero-order valence-electron chi connectivity index (χ0n) is 14.1. The average molecular weight is 347 g/mol. The molecular weight excluding hydrogens is 322 g/mol. The van der Waals surface area contributed by atoms with E-state index in [0.29, 0.717) is 23.3 Å². The number of aromatic nitrogens is 2. The molecule has 4 fully saturated rings. The number of piperidine rings is 1. The molecular formula is C18H25N3O2S. The van der Waals surface area contributed by atoms with Gasteiger partial charge >= 0.3 is 0 Å². The van der Waals surface area contributed by atoms with E-state index in [9.17, 15) is 8.42 Å². The highest BCUT2D eigenvalue weighted by Crippen LogP contribution is 2.45. The SMILES string of the molecule is O=S1(=O)CCC2(CCCN(c3cc(C4CC4)nc(C4CC4)n3)C2)C1. The maximum atomic E-state index is 12.0. The summed E-state index contributed by atoms with van der Waals surface area (Å²) in [6, 6.07) is 2.19. The van der Waals surface area contributed by atoms with E-state index in [4.69, 9.17) is 9.97 Å². The van der Waals surface area contributed by atoms with E-state index < -0.39 is 9.84 Å². The van der Waals surface area contributed by atoms with Crippen molar-refractivity contribution in [3.63, 3.8) is 0 Å². The molecule has 5 nitrogen and oxygen atoms in total. The summed E-state index contributed by atoms with van der Waals surface area (Å²) in [6.07, 6.45) is 7.87. The van der Waals surface area contributed by atoms with Gasteiger partial charge in [-0.15, -0.1) is 0 Å². The highest BCUT2D eigenvalue weighted by molar-refractivity contribution is 7.91. The van der Waals surface area contributed by atoms with Gasteiger partial charge in [0.05, 0.1) is 11.5 Å². The summed E-state index contributed by atoms with van der Waals surface area (Å²) in [5.74, 6) is 4.02. The molecule has 130 valence electrons. The molecule has 2 saturated carbocycles. The second kappa shape index (κ2) is 5.16. The molecule has 0 amide bonds. The van der Waals surface area contributed by atoms with Crippen molar-refractivity contribution in [1.29, 1.82) is 0 Å². The van der Waals surface area contributed by atoms with Crippen LogP contribution in [0.1, 0.15) is 68.3 Å². The van der Waals surface area contributed by atoms with Gasteiger partial charge in [-0.1, -0.05) is 0 Å². The van der Waals surface area contributed by atoms with Gasteiger partial charge in [0.2, 0.25) is 0 Å². The van der Waals surface area contributed by atoms with Crippen LogP contribution in [-0.4, -0.2) is 43.0 Å². The first-order valence-electron chi connectivity index (χ1n) is 9.36. The third kappa shape index (κ3) is 2.83. The van der Waals surface area contributed by atoms with Crippen molar-refractivity contribution in [3.05, 3.63) is 17.6 Å². The van der Waals surface area contributed by atoms with E-state index in [0.717, 1.165) is 44.0 Å². The molecule has 2 aliphatic carbocycles.